The normalized spacial score (nSPS) is 39.0. The van der Waals surface area contributed by atoms with Crippen molar-refractivity contribution < 1.29 is 0 Å². The zero-order chi connectivity index (χ0) is 8.82. The van der Waals surface area contributed by atoms with E-state index in [1.807, 2.05) is 0 Å². The lowest BCUT2D eigenvalue weighted by Crippen LogP contribution is -2.52. The van der Waals surface area contributed by atoms with Crippen molar-refractivity contribution in [3.8, 4) is 0 Å². The van der Waals surface area contributed by atoms with Gasteiger partial charge in [0.15, 0.2) is 0 Å². The van der Waals surface area contributed by atoms with Crippen molar-refractivity contribution in [3.05, 3.63) is 0 Å². The van der Waals surface area contributed by atoms with E-state index in [9.17, 15) is 0 Å². The Morgan fingerprint density at radius 1 is 1.17 bits per heavy atom. The Balaban J connectivity index is 2.05. The van der Waals surface area contributed by atoms with Crippen LogP contribution in [0.5, 0.6) is 0 Å². The Hall–Kier alpha value is -0.0400. The minimum atomic E-state index is 0.641. The van der Waals surface area contributed by atoms with E-state index in [2.05, 4.69) is 26.1 Å². The zero-order valence-corrected chi connectivity index (χ0v) is 8.61. The van der Waals surface area contributed by atoms with Crippen molar-refractivity contribution in [1.29, 1.82) is 0 Å². The number of hydrogen-bond donors (Lipinski definition) is 1. The molecule has 0 amide bonds. The van der Waals surface area contributed by atoms with Crippen LogP contribution < -0.4 is 5.32 Å². The van der Waals surface area contributed by atoms with Gasteiger partial charge in [-0.1, -0.05) is 20.8 Å². The van der Waals surface area contributed by atoms with Crippen molar-refractivity contribution in [2.45, 2.75) is 40.0 Å². The van der Waals surface area contributed by atoms with Crippen molar-refractivity contribution in [3.63, 3.8) is 0 Å². The molecule has 1 heterocycles. The molecule has 1 heteroatoms. The van der Waals surface area contributed by atoms with Gasteiger partial charge in [0.05, 0.1) is 0 Å². The molecule has 1 saturated carbocycles. The maximum Gasteiger partial charge on any atom is 0.00204 e. The summed E-state index contributed by atoms with van der Waals surface area (Å²) in [5.74, 6) is 0.859. The molecule has 1 unspecified atom stereocenters. The minimum absolute atomic E-state index is 0.641. The standard InChI is InChI=1S/C11H21N/c1-9(2)10(3)4-5-11(6-10)7-12-8-11/h9,12H,4-8H2,1-3H3. The SMILES string of the molecule is CC(C)C1(C)CCC2(CNC2)C1. The molecule has 12 heavy (non-hydrogen) atoms. The molecule has 0 aromatic rings. The molecule has 1 spiro atoms. The van der Waals surface area contributed by atoms with Gasteiger partial charge < -0.3 is 5.32 Å². The summed E-state index contributed by atoms with van der Waals surface area (Å²) in [7, 11) is 0. The highest BCUT2D eigenvalue weighted by Crippen LogP contribution is 2.54. The van der Waals surface area contributed by atoms with E-state index in [-0.39, 0.29) is 0 Å². The highest BCUT2D eigenvalue weighted by atomic mass is 15.0. The minimum Gasteiger partial charge on any atom is -0.316 e. The van der Waals surface area contributed by atoms with Crippen molar-refractivity contribution in [2.75, 3.05) is 13.1 Å². The predicted molar refractivity (Wildman–Crippen MR) is 52.1 cm³/mol. The van der Waals surface area contributed by atoms with E-state index >= 15 is 0 Å². The van der Waals surface area contributed by atoms with Gasteiger partial charge in [0, 0.05) is 13.1 Å². The third kappa shape index (κ3) is 1.10. The maximum atomic E-state index is 3.42. The van der Waals surface area contributed by atoms with Gasteiger partial charge in [-0.2, -0.15) is 0 Å². The maximum absolute atomic E-state index is 3.42. The van der Waals surface area contributed by atoms with Gasteiger partial charge in [0.1, 0.15) is 0 Å². The summed E-state index contributed by atoms with van der Waals surface area (Å²) in [6, 6.07) is 0. The van der Waals surface area contributed by atoms with Crippen LogP contribution >= 0.6 is 0 Å². The van der Waals surface area contributed by atoms with E-state index in [1.54, 1.807) is 0 Å². The Labute approximate surface area is 75.9 Å². The molecule has 2 aliphatic rings. The number of hydrogen-bond acceptors (Lipinski definition) is 1. The van der Waals surface area contributed by atoms with Crippen LogP contribution in [0.2, 0.25) is 0 Å². The Kier molecular flexibility index (Phi) is 1.76. The average molecular weight is 167 g/mol. The summed E-state index contributed by atoms with van der Waals surface area (Å²) in [5, 5.41) is 3.42. The van der Waals surface area contributed by atoms with Crippen LogP contribution in [0, 0.1) is 16.7 Å². The second-order valence-electron chi connectivity index (χ2n) is 5.59. The van der Waals surface area contributed by atoms with E-state index in [0.29, 0.717) is 5.41 Å². The van der Waals surface area contributed by atoms with E-state index in [1.165, 1.54) is 32.4 Å². The van der Waals surface area contributed by atoms with Gasteiger partial charge in [-0.25, -0.2) is 0 Å². The molecule has 1 aliphatic heterocycles. The first-order valence-electron chi connectivity index (χ1n) is 5.27. The average Bonchev–Trinajstić information content (AvgIpc) is 2.28. The van der Waals surface area contributed by atoms with Gasteiger partial charge >= 0.3 is 0 Å². The molecule has 1 aliphatic carbocycles. The molecular weight excluding hydrogens is 146 g/mol. The second-order valence-corrected chi connectivity index (χ2v) is 5.59. The fraction of sp³-hybridized carbons (Fsp3) is 1.00. The molecule has 0 bridgehead atoms. The second kappa shape index (κ2) is 2.47. The van der Waals surface area contributed by atoms with Crippen molar-refractivity contribution in [1.82, 2.24) is 5.32 Å². The predicted octanol–water partition coefficient (Wildman–Crippen LogP) is 2.42. The summed E-state index contributed by atoms with van der Waals surface area (Å²) < 4.78 is 0. The molecule has 1 nitrogen and oxygen atoms in total. The monoisotopic (exact) mass is 167 g/mol. The Morgan fingerprint density at radius 3 is 2.08 bits per heavy atom. The van der Waals surface area contributed by atoms with Crippen LogP contribution in [0.1, 0.15) is 40.0 Å². The molecule has 0 aromatic heterocycles. The molecule has 0 aromatic carbocycles. The topological polar surface area (TPSA) is 12.0 Å². The molecule has 1 N–H and O–H groups in total. The first-order chi connectivity index (χ1) is 5.56. The van der Waals surface area contributed by atoms with E-state index < -0.39 is 0 Å². The first kappa shape index (κ1) is 8.55. The fourth-order valence-electron chi connectivity index (χ4n) is 2.86. The fourth-order valence-corrected chi connectivity index (χ4v) is 2.86. The third-order valence-corrected chi connectivity index (χ3v) is 4.40. The Bertz CT molecular complexity index is 181. The number of rotatable bonds is 1. The molecule has 0 radical (unpaired) electrons. The molecule has 70 valence electrons. The summed E-state index contributed by atoms with van der Waals surface area (Å²) in [6.07, 6.45) is 4.38. The van der Waals surface area contributed by atoms with Crippen LogP contribution in [0.25, 0.3) is 0 Å². The van der Waals surface area contributed by atoms with Gasteiger partial charge in [0.25, 0.3) is 0 Å². The lowest BCUT2D eigenvalue weighted by Gasteiger charge is -2.41. The van der Waals surface area contributed by atoms with Crippen LogP contribution in [0.15, 0.2) is 0 Å². The molecule has 1 saturated heterocycles. The van der Waals surface area contributed by atoms with Gasteiger partial charge in [-0.05, 0) is 36.0 Å². The van der Waals surface area contributed by atoms with Crippen LogP contribution in [0.4, 0.5) is 0 Å². The molecule has 2 fully saturated rings. The summed E-state index contributed by atoms with van der Waals surface area (Å²) in [5.41, 5.74) is 1.36. The summed E-state index contributed by atoms with van der Waals surface area (Å²) >= 11 is 0. The van der Waals surface area contributed by atoms with Gasteiger partial charge in [-0.15, -0.1) is 0 Å². The summed E-state index contributed by atoms with van der Waals surface area (Å²) in [4.78, 5) is 0. The zero-order valence-electron chi connectivity index (χ0n) is 8.61. The number of nitrogens with one attached hydrogen (secondary N) is 1. The molecule has 1 atom stereocenters. The Morgan fingerprint density at radius 2 is 1.83 bits per heavy atom. The lowest BCUT2D eigenvalue weighted by molar-refractivity contribution is 0.129. The highest BCUT2D eigenvalue weighted by molar-refractivity contribution is 5.03. The third-order valence-electron chi connectivity index (χ3n) is 4.40. The quantitative estimate of drug-likeness (QED) is 0.632. The van der Waals surface area contributed by atoms with Crippen LogP contribution in [-0.2, 0) is 0 Å². The van der Waals surface area contributed by atoms with Crippen LogP contribution in [0.3, 0.4) is 0 Å². The van der Waals surface area contributed by atoms with Gasteiger partial charge in [0.2, 0.25) is 0 Å². The van der Waals surface area contributed by atoms with Crippen LogP contribution in [-0.4, -0.2) is 13.1 Å². The van der Waals surface area contributed by atoms with Crippen molar-refractivity contribution >= 4 is 0 Å². The lowest BCUT2D eigenvalue weighted by atomic mass is 9.72. The first-order valence-corrected chi connectivity index (χ1v) is 5.27. The van der Waals surface area contributed by atoms with E-state index in [4.69, 9.17) is 0 Å². The van der Waals surface area contributed by atoms with Crippen molar-refractivity contribution in [2.24, 2.45) is 16.7 Å². The smallest absolute Gasteiger partial charge is 0.00204 e. The molecule has 2 rings (SSSR count). The largest absolute Gasteiger partial charge is 0.316 e. The highest BCUT2D eigenvalue weighted by Gasteiger charge is 2.49. The summed E-state index contributed by atoms with van der Waals surface area (Å²) in [6.45, 7) is 9.81. The van der Waals surface area contributed by atoms with E-state index in [0.717, 1.165) is 11.3 Å². The van der Waals surface area contributed by atoms with Gasteiger partial charge in [-0.3, -0.25) is 0 Å². The molecular formula is C11H21N.